The monoisotopic (exact) mass is 1750 g/mol. The average molecular weight is 1750 g/mol. The zero-order chi connectivity index (χ0) is 90.8. The van der Waals surface area contributed by atoms with Gasteiger partial charge in [-0.2, -0.15) is 0 Å². The third-order valence-corrected chi connectivity index (χ3v) is 27.1. The number of carbonyl (C=O) groups excluding carboxylic acids is 5. The highest BCUT2D eigenvalue weighted by Gasteiger charge is 2.58. The number of ether oxygens (including phenoxy) is 2. The number of esters is 2. The molecule has 12 rings (SSSR count). The minimum absolute atomic E-state index is 0.0131. The molecule has 4 fully saturated rings. The van der Waals surface area contributed by atoms with Gasteiger partial charge in [0.05, 0.1) is 67.8 Å². The second-order valence-corrected chi connectivity index (χ2v) is 44.1. The number of benzene rings is 6. The topological polar surface area (TPSA) is 188 Å². The number of aliphatic imine (C=N–C) groups is 2. The smallest absolute Gasteiger partial charge is 0.338 e. The first-order chi connectivity index (χ1) is 57.1. The maximum atomic E-state index is 14.5. The quantitative estimate of drug-likeness (QED) is 0.0696. The number of amides is 3. The van der Waals surface area contributed by atoms with Gasteiger partial charge in [-0.05, 0) is 301 Å². The zero-order valence-corrected chi connectivity index (χ0v) is 79.0. The van der Waals surface area contributed by atoms with Crippen LogP contribution in [0, 0.1) is 67.7 Å². The van der Waals surface area contributed by atoms with Crippen LogP contribution in [0.4, 0.5) is 13.2 Å². The molecule has 668 valence electrons. The van der Waals surface area contributed by atoms with Crippen molar-refractivity contribution < 1.29 is 56.5 Å². The maximum Gasteiger partial charge on any atom is 0.338 e. The molecule has 3 saturated carbocycles. The molecule has 0 radical (unpaired) electrons. The Morgan fingerprint density at radius 1 is 0.439 bits per heavy atom. The summed E-state index contributed by atoms with van der Waals surface area (Å²) in [5.41, 5.74) is 5.09. The van der Waals surface area contributed by atoms with Crippen molar-refractivity contribution in [1.82, 2.24) is 20.0 Å². The van der Waals surface area contributed by atoms with Crippen LogP contribution in [0.2, 0.25) is 15.1 Å². The van der Waals surface area contributed by atoms with Gasteiger partial charge >= 0.3 is 17.9 Å². The van der Waals surface area contributed by atoms with Crippen molar-refractivity contribution in [1.29, 1.82) is 0 Å². The van der Waals surface area contributed by atoms with Crippen molar-refractivity contribution in [2.75, 3.05) is 0 Å². The fourth-order valence-electron chi connectivity index (χ4n) is 19.0. The minimum atomic E-state index is -0.985. The minimum Gasteiger partial charge on any atom is -0.478 e. The first kappa shape index (κ1) is 97.3. The van der Waals surface area contributed by atoms with E-state index in [4.69, 9.17) is 54.3 Å². The first-order valence-corrected chi connectivity index (χ1v) is 45.5. The lowest BCUT2D eigenvalue weighted by molar-refractivity contribution is -0.138. The van der Waals surface area contributed by atoms with Gasteiger partial charge in [0.25, 0.3) is 11.8 Å². The molecule has 3 spiro atoms. The lowest BCUT2D eigenvalue weighted by Gasteiger charge is -2.49. The van der Waals surface area contributed by atoms with Crippen LogP contribution in [0.1, 0.15) is 357 Å². The summed E-state index contributed by atoms with van der Waals surface area (Å²) in [6.07, 6.45) is 14.9. The van der Waals surface area contributed by atoms with Crippen molar-refractivity contribution in [3.63, 3.8) is 0 Å². The normalized spacial score (nSPS) is 22.9. The molecule has 3 heterocycles. The predicted molar refractivity (Wildman–Crippen MR) is 488 cm³/mol. The van der Waals surface area contributed by atoms with Gasteiger partial charge in [0, 0.05) is 11.1 Å². The number of nitrogens with zero attached hydrogens (tertiary/aromatic N) is 5. The molecule has 6 aliphatic rings. The molecule has 6 aromatic rings. The van der Waals surface area contributed by atoms with Gasteiger partial charge in [0.15, 0.2) is 0 Å². The molecular weight excluding hydrogens is 1620 g/mol. The van der Waals surface area contributed by atoms with E-state index in [0.717, 1.165) is 126 Å². The number of hydrogen-bond donors (Lipinski definition) is 2. The molecule has 21 heteroatoms. The van der Waals surface area contributed by atoms with E-state index in [0.29, 0.717) is 63.4 Å². The Balaban J connectivity index is 0.000000193. The molecule has 15 nitrogen and oxygen atoms in total. The highest BCUT2D eigenvalue weighted by atomic mass is 35.5. The molecule has 3 aliphatic heterocycles. The van der Waals surface area contributed by atoms with Crippen LogP contribution in [-0.2, 0) is 23.9 Å². The molecule has 4 atom stereocenters. The summed E-state index contributed by atoms with van der Waals surface area (Å²) in [5, 5.41) is 13.2. The van der Waals surface area contributed by atoms with Crippen molar-refractivity contribution in [2.24, 2.45) is 60.2 Å². The van der Waals surface area contributed by atoms with Crippen LogP contribution >= 0.6 is 34.8 Å². The molecule has 123 heavy (non-hydrogen) atoms. The summed E-state index contributed by atoms with van der Waals surface area (Å²) in [5.74, 6) is -2.03. The van der Waals surface area contributed by atoms with Crippen LogP contribution in [0.5, 0.6) is 0 Å². The largest absolute Gasteiger partial charge is 0.478 e. The molecule has 0 aromatic heterocycles. The van der Waals surface area contributed by atoms with Crippen LogP contribution < -0.4 is 5.32 Å². The molecule has 1 unspecified atom stereocenters. The Morgan fingerprint density at radius 3 is 1.03 bits per heavy atom. The van der Waals surface area contributed by atoms with Crippen LogP contribution in [0.3, 0.4) is 0 Å². The second kappa shape index (κ2) is 38.3. The molecular formula is C102H134Cl3F3N6O9. The van der Waals surface area contributed by atoms with Crippen molar-refractivity contribution in [3.8, 4) is 0 Å². The molecule has 2 N–H and O–H groups in total. The summed E-state index contributed by atoms with van der Waals surface area (Å²) in [6, 6.07) is 33.8. The average Bonchev–Trinajstić information content (AvgIpc) is 1.59. The summed E-state index contributed by atoms with van der Waals surface area (Å²) < 4.78 is 53.0. The number of hydrogen-bond acceptors (Lipinski definition) is 11. The van der Waals surface area contributed by atoms with Crippen molar-refractivity contribution in [3.05, 3.63) is 210 Å². The molecule has 6 aromatic carbocycles. The number of aromatic carboxylic acids is 1. The third-order valence-electron chi connectivity index (χ3n) is 26.2. The fraction of sp³-hybridized carbons (Fsp3) is 0.569. The lowest BCUT2D eigenvalue weighted by Crippen LogP contribution is -2.56. The number of carboxylic acid groups (broad SMARTS) is 1. The summed E-state index contributed by atoms with van der Waals surface area (Å²) in [6.45, 7) is 47.6. The number of rotatable bonds is 20. The van der Waals surface area contributed by atoms with Crippen LogP contribution in [0.25, 0.3) is 0 Å². The Hall–Kier alpha value is -7.90. The Bertz CT molecular complexity index is 4740. The number of halogens is 6. The zero-order valence-electron chi connectivity index (χ0n) is 76.8. The molecule has 3 amide bonds. The number of nitrogens with one attached hydrogen (secondary N) is 1. The van der Waals surface area contributed by atoms with Gasteiger partial charge in [0.1, 0.15) is 46.2 Å². The van der Waals surface area contributed by atoms with Crippen molar-refractivity contribution >= 4 is 81.9 Å². The van der Waals surface area contributed by atoms with E-state index in [-0.39, 0.29) is 113 Å². The standard InChI is InChI=1S/C35H48ClFN2O3.C35H46ClFN2O3.C32H40ClFN2O3/c2*1-22(2)42-32(41)24-11-9-23(10-12-24)29(17-18-33(3,4)5)39-31(40)30(25-13-14-28(37)27(36)21-25)38-35(39)19-15-26(16-20-35)34(6,7)8;1-30(2,3)16-15-26(20-7-9-21(10-8-20)29(38)39)36-28(37)27(22-11-12-25(34)24(33)19-22)35-32(36)17-13-23(14-18-32)31(4,5)6/h9-14,21-22,26,29-30,38H,15-20H2,1-8H3;9-14,21-22,26,29H,15-20H2,1-8H3;7-12,19,23,26H,13-18H2,1-6H3,(H,38,39)/t26?,29-,30?,35?;26?,29-,35?;23?,26-,32?/m111/s1. The Kier molecular flexibility index (Phi) is 30.3. The lowest BCUT2D eigenvalue weighted by atomic mass is 9.69. The summed E-state index contributed by atoms with van der Waals surface area (Å²) in [4.78, 5) is 96.4. The predicted octanol–water partition coefficient (Wildman–Crippen LogP) is 26.5. The van der Waals surface area contributed by atoms with Crippen molar-refractivity contribution in [2.45, 2.75) is 321 Å². The van der Waals surface area contributed by atoms with Gasteiger partial charge in [0.2, 0.25) is 5.91 Å². The van der Waals surface area contributed by atoms with E-state index in [1.54, 1.807) is 60.7 Å². The van der Waals surface area contributed by atoms with E-state index in [1.165, 1.54) is 30.3 Å². The fourth-order valence-corrected chi connectivity index (χ4v) is 19.5. The van der Waals surface area contributed by atoms with Gasteiger partial charge in [-0.1, -0.05) is 202 Å². The van der Waals surface area contributed by atoms with Gasteiger partial charge < -0.3 is 29.3 Å². The Labute approximate surface area is 745 Å². The van der Waals surface area contributed by atoms with Gasteiger partial charge in [-0.3, -0.25) is 29.7 Å². The van der Waals surface area contributed by atoms with E-state index in [9.17, 15) is 47.0 Å². The summed E-state index contributed by atoms with van der Waals surface area (Å²) >= 11 is 18.5. The van der Waals surface area contributed by atoms with E-state index in [2.05, 4.69) is 135 Å². The molecule has 3 aliphatic carbocycles. The van der Waals surface area contributed by atoms with E-state index >= 15 is 0 Å². The SMILES string of the molecule is CC(C)(C)CC[C@H](c1ccc(C(=O)O)cc1)N1C(=O)C(c2ccc(F)c(Cl)c2)=NC12CCC(C(C)(C)C)CC2.CC(C)OC(=O)c1ccc([C@@H](CCC(C)(C)C)N2C(=O)C(c3ccc(F)c(Cl)c3)=NC23CCC(C(C)(C)C)CC3)cc1.CC(C)OC(=O)c1ccc([C@@H](CCC(C)(C)C)N2C(=O)C(c3ccc(F)c(Cl)c3)NC23CCC(C(C)(C)C)CC3)cc1. The maximum absolute atomic E-state index is 14.5. The molecule has 0 bridgehead atoms. The summed E-state index contributed by atoms with van der Waals surface area (Å²) in [7, 11) is 0. The first-order valence-electron chi connectivity index (χ1n) is 44.4. The second-order valence-electron chi connectivity index (χ2n) is 42.8. The highest BCUT2D eigenvalue weighted by Crippen LogP contribution is 2.55. The Morgan fingerprint density at radius 2 is 0.740 bits per heavy atom. The van der Waals surface area contributed by atoms with Gasteiger partial charge in [-0.25, -0.2) is 27.6 Å². The number of carbonyl (C=O) groups is 6. The van der Waals surface area contributed by atoms with Crippen LogP contribution in [0.15, 0.2) is 137 Å². The molecule has 1 saturated heterocycles. The van der Waals surface area contributed by atoms with Crippen LogP contribution in [-0.4, -0.2) is 96.1 Å². The van der Waals surface area contributed by atoms with Gasteiger partial charge in [-0.15, -0.1) is 0 Å². The third kappa shape index (κ3) is 23.7. The van der Waals surface area contributed by atoms with E-state index < -0.39 is 46.5 Å². The highest BCUT2D eigenvalue weighted by molar-refractivity contribution is 6.48. The van der Waals surface area contributed by atoms with E-state index in [1.807, 2.05) is 73.9 Å². The number of carboxylic acids is 1.